The maximum atomic E-state index is 9.16. The molecule has 2 nitrogen and oxygen atoms in total. The molecule has 2 heteroatoms. The Morgan fingerprint density at radius 1 is 0.906 bits per heavy atom. The van der Waals surface area contributed by atoms with Crippen molar-refractivity contribution in [3.63, 3.8) is 0 Å². The molecular formula is C30H35N2+. The van der Waals surface area contributed by atoms with Gasteiger partial charge in [0.15, 0.2) is 12.2 Å². The number of pyridine rings is 1. The molecule has 32 heavy (non-hydrogen) atoms. The summed E-state index contributed by atoms with van der Waals surface area (Å²) in [7, 11) is 0. The molecule has 2 atom stereocenters. The molecule has 0 saturated heterocycles. The quantitative estimate of drug-likeness (QED) is 0.358. The predicted molar refractivity (Wildman–Crippen MR) is 132 cm³/mol. The summed E-state index contributed by atoms with van der Waals surface area (Å²) in [5, 5.41) is 9.16. The number of unbranched alkanes of at least 4 members (excludes halogenated alkanes) is 1. The minimum atomic E-state index is 0.170. The second kappa shape index (κ2) is 9.29. The van der Waals surface area contributed by atoms with Crippen LogP contribution >= 0.6 is 0 Å². The Bertz CT molecular complexity index is 1140. The lowest BCUT2D eigenvalue weighted by Gasteiger charge is -2.42. The summed E-state index contributed by atoms with van der Waals surface area (Å²) < 4.78 is 2.59. The van der Waals surface area contributed by atoms with Crippen LogP contribution in [0.25, 0.3) is 22.4 Å². The molecule has 4 rings (SSSR count). The molecule has 164 valence electrons. The Morgan fingerprint density at radius 3 is 2.31 bits per heavy atom. The number of hydrogen-bond donors (Lipinski definition) is 0. The summed E-state index contributed by atoms with van der Waals surface area (Å²) in [6.07, 6.45) is 9.65. The second-order valence-electron chi connectivity index (χ2n) is 9.38. The van der Waals surface area contributed by atoms with Crippen molar-refractivity contribution in [1.29, 1.82) is 5.26 Å². The van der Waals surface area contributed by atoms with Gasteiger partial charge in [0.25, 0.3) is 0 Å². The van der Waals surface area contributed by atoms with Gasteiger partial charge in [-0.05, 0) is 60.7 Å². The monoisotopic (exact) mass is 423 g/mol. The van der Waals surface area contributed by atoms with Crippen LogP contribution in [0.5, 0.6) is 0 Å². The van der Waals surface area contributed by atoms with Crippen LogP contribution in [0.3, 0.4) is 0 Å². The van der Waals surface area contributed by atoms with E-state index in [0.717, 1.165) is 12.0 Å². The zero-order valence-electron chi connectivity index (χ0n) is 20.0. The standard InChI is InChI=1S/C30H35N2/c1-5-8-18-30(17-6-2)27-15-14-25(24-12-10-23(20-31)11-13-24)19-26(27)28-16-9-22(4)21-32(28)29(30)7-3/h9-16,19,21,29H,5-8,17-18H2,1-4H3/q+1. The maximum Gasteiger partial charge on any atom is 0.213 e. The van der Waals surface area contributed by atoms with Crippen molar-refractivity contribution in [2.75, 3.05) is 0 Å². The third-order valence-electron chi connectivity index (χ3n) is 7.34. The molecule has 0 fully saturated rings. The normalized spacial score (nSPS) is 19.2. The Labute approximate surface area is 193 Å². The maximum absolute atomic E-state index is 9.16. The molecular weight excluding hydrogens is 388 g/mol. The molecule has 1 aliphatic rings. The van der Waals surface area contributed by atoms with E-state index in [1.807, 2.05) is 12.1 Å². The highest BCUT2D eigenvalue weighted by Crippen LogP contribution is 2.50. The number of fused-ring (bicyclic) bond motifs is 3. The van der Waals surface area contributed by atoms with E-state index in [-0.39, 0.29) is 5.41 Å². The van der Waals surface area contributed by atoms with Crippen molar-refractivity contribution in [1.82, 2.24) is 0 Å². The zero-order valence-corrected chi connectivity index (χ0v) is 20.0. The average molecular weight is 424 g/mol. The van der Waals surface area contributed by atoms with Crippen molar-refractivity contribution < 1.29 is 4.57 Å². The zero-order chi connectivity index (χ0) is 22.7. The molecule has 2 aromatic carbocycles. The summed E-state index contributed by atoms with van der Waals surface area (Å²) in [4.78, 5) is 0. The van der Waals surface area contributed by atoms with E-state index in [2.05, 4.69) is 87.0 Å². The van der Waals surface area contributed by atoms with Crippen LogP contribution in [0.15, 0.2) is 60.8 Å². The van der Waals surface area contributed by atoms with E-state index in [0.29, 0.717) is 11.6 Å². The van der Waals surface area contributed by atoms with Crippen LogP contribution in [0.2, 0.25) is 0 Å². The highest BCUT2D eigenvalue weighted by Gasteiger charge is 2.50. The van der Waals surface area contributed by atoms with Gasteiger partial charge in [0.1, 0.15) is 0 Å². The highest BCUT2D eigenvalue weighted by atomic mass is 15.0. The number of nitrogens with zero attached hydrogens (tertiary/aromatic N) is 2. The Balaban J connectivity index is 1.96. The first kappa shape index (κ1) is 22.3. The lowest BCUT2D eigenvalue weighted by molar-refractivity contribution is -0.725. The van der Waals surface area contributed by atoms with Gasteiger partial charge in [-0.3, -0.25) is 0 Å². The predicted octanol–water partition coefficient (Wildman–Crippen LogP) is 7.68. The fourth-order valence-electron chi connectivity index (χ4n) is 5.92. The summed E-state index contributed by atoms with van der Waals surface area (Å²) in [6.45, 7) is 9.21. The molecule has 0 saturated carbocycles. The number of nitriles is 1. The van der Waals surface area contributed by atoms with Crippen LogP contribution in [0, 0.1) is 18.3 Å². The molecule has 0 spiro atoms. The van der Waals surface area contributed by atoms with Crippen LogP contribution in [0.1, 0.15) is 82.0 Å². The second-order valence-corrected chi connectivity index (χ2v) is 9.38. The highest BCUT2D eigenvalue weighted by molar-refractivity contribution is 5.75. The minimum absolute atomic E-state index is 0.170. The van der Waals surface area contributed by atoms with Crippen molar-refractivity contribution >= 4 is 0 Å². The molecule has 3 aromatic rings. The SMILES string of the molecule is CCCCC1(CCC)c2ccc(-c3ccc(C#N)cc3)cc2-c2ccc(C)c[n+]2C1CC. The number of aryl methyl sites for hydroxylation is 1. The van der Waals surface area contributed by atoms with E-state index in [1.54, 1.807) is 0 Å². The van der Waals surface area contributed by atoms with Crippen LogP contribution in [-0.4, -0.2) is 0 Å². The van der Waals surface area contributed by atoms with E-state index >= 15 is 0 Å². The first-order chi connectivity index (χ1) is 15.6. The molecule has 0 N–H and O–H groups in total. The van der Waals surface area contributed by atoms with Crippen LogP contribution in [0.4, 0.5) is 0 Å². The lowest BCUT2D eigenvalue weighted by atomic mass is 9.63. The lowest BCUT2D eigenvalue weighted by Crippen LogP contribution is -2.55. The number of aromatic nitrogens is 1. The van der Waals surface area contributed by atoms with E-state index in [1.165, 1.54) is 60.1 Å². The van der Waals surface area contributed by atoms with E-state index < -0.39 is 0 Å². The Morgan fingerprint density at radius 2 is 1.66 bits per heavy atom. The van der Waals surface area contributed by atoms with E-state index in [4.69, 9.17) is 5.26 Å². The average Bonchev–Trinajstić information content (AvgIpc) is 2.82. The van der Waals surface area contributed by atoms with E-state index in [9.17, 15) is 0 Å². The summed E-state index contributed by atoms with van der Waals surface area (Å²) in [5.41, 5.74) is 8.81. The fourth-order valence-corrected chi connectivity index (χ4v) is 5.92. The Hall–Kier alpha value is -2.92. The van der Waals surface area contributed by atoms with Gasteiger partial charge in [-0.1, -0.05) is 64.3 Å². The molecule has 0 bridgehead atoms. The van der Waals surface area contributed by atoms with Crippen molar-refractivity contribution in [2.24, 2.45) is 0 Å². The summed E-state index contributed by atoms with van der Waals surface area (Å²) in [5.74, 6) is 0. The largest absolute Gasteiger partial charge is 0.213 e. The first-order valence-electron chi connectivity index (χ1n) is 12.2. The molecule has 2 unspecified atom stereocenters. The minimum Gasteiger partial charge on any atom is -0.194 e. The first-order valence-corrected chi connectivity index (χ1v) is 12.2. The molecule has 1 aromatic heterocycles. The van der Waals surface area contributed by atoms with Gasteiger partial charge in [-0.2, -0.15) is 9.83 Å². The van der Waals surface area contributed by atoms with Crippen molar-refractivity contribution in [2.45, 2.75) is 77.7 Å². The summed E-state index contributed by atoms with van der Waals surface area (Å²) in [6, 6.07) is 22.3. The number of rotatable bonds is 7. The van der Waals surface area contributed by atoms with Gasteiger partial charge >= 0.3 is 0 Å². The summed E-state index contributed by atoms with van der Waals surface area (Å²) >= 11 is 0. The van der Waals surface area contributed by atoms with Gasteiger partial charge in [-0.15, -0.1) is 0 Å². The van der Waals surface area contributed by atoms with Gasteiger partial charge < -0.3 is 0 Å². The molecule has 0 amide bonds. The van der Waals surface area contributed by atoms with Gasteiger partial charge in [0.2, 0.25) is 5.69 Å². The van der Waals surface area contributed by atoms with Gasteiger partial charge in [0.05, 0.1) is 22.6 Å². The third kappa shape index (κ3) is 3.75. The van der Waals surface area contributed by atoms with Gasteiger partial charge in [-0.25, -0.2) is 0 Å². The number of benzene rings is 2. The van der Waals surface area contributed by atoms with Crippen molar-refractivity contribution in [3.8, 4) is 28.5 Å². The fraction of sp³-hybridized carbons (Fsp3) is 0.400. The topological polar surface area (TPSA) is 27.7 Å². The molecule has 1 aliphatic heterocycles. The third-order valence-corrected chi connectivity index (χ3v) is 7.34. The van der Waals surface area contributed by atoms with Crippen LogP contribution in [-0.2, 0) is 5.41 Å². The molecule has 0 aliphatic carbocycles. The number of hydrogen-bond acceptors (Lipinski definition) is 1. The molecule has 0 radical (unpaired) electrons. The van der Waals surface area contributed by atoms with Crippen molar-refractivity contribution in [3.05, 3.63) is 77.5 Å². The Kier molecular flexibility index (Phi) is 6.47. The smallest absolute Gasteiger partial charge is 0.194 e. The molecule has 2 heterocycles. The van der Waals surface area contributed by atoms with Crippen LogP contribution < -0.4 is 4.57 Å². The van der Waals surface area contributed by atoms with Gasteiger partial charge in [0, 0.05) is 18.1 Å².